The van der Waals surface area contributed by atoms with Gasteiger partial charge in [0.15, 0.2) is 5.76 Å². The van der Waals surface area contributed by atoms with E-state index in [4.69, 9.17) is 18.9 Å². The molecule has 3 aromatic carbocycles. The number of aryl methyl sites for hydroxylation is 1. The van der Waals surface area contributed by atoms with E-state index in [0.717, 1.165) is 28.2 Å². The van der Waals surface area contributed by atoms with Crippen molar-refractivity contribution in [1.82, 2.24) is 0 Å². The molecule has 0 spiro atoms. The zero-order valence-electron chi connectivity index (χ0n) is 17.8. The minimum Gasteiger partial charge on any atom is -0.496 e. The Hall–Kier alpha value is -3.73. The predicted octanol–water partition coefficient (Wildman–Crippen LogP) is 5.60. The topological polar surface area (TPSA) is 54.0 Å². The van der Waals surface area contributed by atoms with Gasteiger partial charge < -0.3 is 18.9 Å². The molecule has 158 valence electrons. The van der Waals surface area contributed by atoms with Gasteiger partial charge in [-0.25, -0.2) is 0 Å². The van der Waals surface area contributed by atoms with Crippen LogP contribution < -0.4 is 18.9 Å². The molecule has 0 aromatic heterocycles. The molecule has 0 amide bonds. The number of benzene rings is 3. The average molecular weight is 416 g/mol. The lowest BCUT2D eigenvalue weighted by molar-refractivity contribution is 0.101. The largest absolute Gasteiger partial charge is 0.496 e. The number of rotatable bonds is 7. The van der Waals surface area contributed by atoms with Gasteiger partial charge in [0.25, 0.3) is 0 Å². The molecule has 0 N–H and O–H groups in total. The summed E-state index contributed by atoms with van der Waals surface area (Å²) in [5, 5.41) is 0. The third-order valence-corrected chi connectivity index (χ3v) is 5.02. The molecular weight excluding hydrogens is 392 g/mol. The molecule has 0 atom stereocenters. The van der Waals surface area contributed by atoms with Gasteiger partial charge in [0, 0.05) is 11.6 Å². The number of ketones is 1. The summed E-state index contributed by atoms with van der Waals surface area (Å²) in [6.07, 6.45) is 1.74. The zero-order valence-corrected chi connectivity index (χ0v) is 17.8. The number of carbonyl (C=O) groups excluding carboxylic acids is 1. The number of Topliss-reactive ketones (excluding diaryl/α,β-unsaturated/α-hetero) is 1. The number of carbonyl (C=O) groups is 1. The van der Waals surface area contributed by atoms with Crippen LogP contribution in [0.25, 0.3) is 6.08 Å². The number of para-hydroxylation sites is 1. The fourth-order valence-corrected chi connectivity index (χ4v) is 3.52. The van der Waals surface area contributed by atoms with Crippen LogP contribution in [-0.2, 0) is 6.61 Å². The molecule has 5 heteroatoms. The third kappa shape index (κ3) is 4.40. The van der Waals surface area contributed by atoms with E-state index in [2.05, 4.69) is 0 Å². The monoisotopic (exact) mass is 416 g/mol. The molecule has 0 saturated heterocycles. The van der Waals surface area contributed by atoms with E-state index in [0.29, 0.717) is 36.0 Å². The molecule has 1 heterocycles. The van der Waals surface area contributed by atoms with Crippen molar-refractivity contribution in [2.24, 2.45) is 0 Å². The van der Waals surface area contributed by atoms with Gasteiger partial charge in [-0.15, -0.1) is 0 Å². The first kappa shape index (κ1) is 20.5. The highest BCUT2D eigenvalue weighted by molar-refractivity contribution is 6.15. The van der Waals surface area contributed by atoms with Crippen LogP contribution in [0.15, 0.2) is 66.4 Å². The molecule has 31 heavy (non-hydrogen) atoms. The number of hydrogen-bond acceptors (Lipinski definition) is 5. The summed E-state index contributed by atoms with van der Waals surface area (Å²) < 4.78 is 22.7. The summed E-state index contributed by atoms with van der Waals surface area (Å²) in [5.41, 5.74) is 3.19. The molecule has 0 saturated carbocycles. The summed E-state index contributed by atoms with van der Waals surface area (Å²) >= 11 is 0. The van der Waals surface area contributed by atoms with E-state index in [-0.39, 0.29) is 5.78 Å². The van der Waals surface area contributed by atoms with Gasteiger partial charge >= 0.3 is 0 Å². The highest BCUT2D eigenvalue weighted by Gasteiger charge is 2.30. The first-order chi connectivity index (χ1) is 15.1. The Bertz CT molecular complexity index is 1130. The maximum Gasteiger partial charge on any atom is 0.232 e. The predicted molar refractivity (Wildman–Crippen MR) is 119 cm³/mol. The van der Waals surface area contributed by atoms with Gasteiger partial charge in [0.2, 0.25) is 5.78 Å². The van der Waals surface area contributed by atoms with Crippen molar-refractivity contribution in [2.75, 3.05) is 13.7 Å². The lowest BCUT2D eigenvalue weighted by Gasteiger charge is -2.11. The van der Waals surface area contributed by atoms with Crippen LogP contribution >= 0.6 is 0 Å². The molecule has 3 aromatic rings. The minimum absolute atomic E-state index is 0.127. The van der Waals surface area contributed by atoms with Gasteiger partial charge in [-0.1, -0.05) is 30.3 Å². The van der Waals surface area contributed by atoms with Crippen molar-refractivity contribution in [3.8, 4) is 23.0 Å². The number of ether oxygens (including phenoxy) is 4. The molecule has 0 fully saturated rings. The average Bonchev–Trinajstić information content (AvgIpc) is 3.09. The summed E-state index contributed by atoms with van der Waals surface area (Å²) in [4.78, 5) is 12.9. The van der Waals surface area contributed by atoms with E-state index in [9.17, 15) is 4.79 Å². The van der Waals surface area contributed by atoms with Crippen LogP contribution in [0.5, 0.6) is 23.0 Å². The van der Waals surface area contributed by atoms with Crippen LogP contribution in [0.3, 0.4) is 0 Å². The second kappa shape index (κ2) is 8.96. The first-order valence-corrected chi connectivity index (χ1v) is 10.2. The van der Waals surface area contributed by atoms with E-state index in [1.165, 1.54) is 0 Å². The Morgan fingerprint density at radius 1 is 0.968 bits per heavy atom. The maximum atomic E-state index is 12.9. The summed E-state index contributed by atoms with van der Waals surface area (Å²) in [6, 6.07) is 18.9. The van der Waals surface area contributed by atoms with E-state index >= 15 is 0 Å². The normalized spacial score (nSPS) is 13.6. The number of allylic oxidation sites excluding steroid dienone is 1. The van der Waals surface area contributed by atoms with Crippen molar-refractivity contribution in [3.05, 3.63) is 88.7 Å². The fourth-order valence-electron chi connectivity index (χ4n) is 3.52. The van der Waals surface area contributed by atoms with Gasteiger partial charge in [-0.05, 0) is 55.3 Å². The highest BCUT2D eigenvalue weighted by Crippen LogP contribution is 2.38. The Labute approximate surface area is 181 Å². The second-order valence-electron chi connectivity index (χ2n) is 7.16. The van der Waals surface area contributed by atoms with Gasteiger partial charge in [0.05, 0.1) is 19.3 Å². The smallest absolute Gasteiger partial charge is 0.232 e. The summed E-state index contributed by atoms with van der Waals surface area (Å²) in [5.74, 6) is 2.88. The zero-order chi connectivity index (χ0) is 21.8. The number of methoxy groups -OCH3 is 1. The van der Waals surface area contributed by atoms with Gasteiger partial charge in [-0.3, -0.25) is 4.79 Å². The van der Waals surface area contributed by atoms with Crippen LogP contribution in [0, 0.1) is 6.92 Å². The summed E-state index contributed by atoms with van der Waals surface area (Å²) in [7, 11) is 1.63. The Balaban J connectivity index is 1.53. The van der Waals surface area contributed by atoms with Crippen molar-refractivity contribution in [1.29, 1.82) is 0 Å². The van der Waals surface area contributed by atoms with Crippen LogP contribution in [0.4, 0.5) is 0 Å². The highest BCUT2D eigenvalue weighted by atomic mass is 16.5. The lowest BCUT2D eigenvalue weighted by Crippen LogP contribution is -2.00. The van der Waals surface area contributed by atoms with Crippen molar-refractivity contribution >= 4 is 11.9 Å². The Morgan fingerprint density at radius 2 is 1.74 bits per heavy atom. The van der Waals surface area contributed by atoms with Crippen molar-refractivity contribution in [3.63, 3.8) is 0 Å². The van der Waals surface area contributed by atoms with Crippen LogP contribution in [-0.4, -0.2) is 19.5 Å². The molecule has 1 aliphatic heterocycles. The molecule has 4 rings (SSSR count). The molecule has 1 aliphatic rings. The number of fused-ring (bicyclic) bond motifs is 1. The molecule has 0 unspecified atom stereocenters. The molecule has 5 nitrogen and oxygen atoms in total. The molecule has 0 aliphatic carbocycles. The second-order valence-corrected chi connectivity index (χ2v) is 7.16. The molecule has 0 bridgehead atoms. The Morgan fingerprint density at radius 3 is 2.48 bits per heavy atom. The minimum atomic E-state index is -0.127. The fraction of sp³-hybridized carbons (Fsp3) is 0.192. The van der Waals surface area contributed by atoms with E-state index in [1.54, 1.807) is 19.3 Å². The van der Waals surface area contributed by atoms with Gasteiger partial charge in [0.1, 0.15) is 29.6 Å². The van der Waals surface area contributed by atoms with E-state index < -0.39 is 0 Å². The first-order valence-electron chi connectivity index (χ1n) is 10.2. The SMILES string of the molecule is CCOc1ccc(/C=C2\Oc3cc(OCc4ccccc4OC)cc(C)c3C2=O)cc1. The maximum absolute atomic E-state index is 12.9. The number of hydrogen-bond donors (Lipinski definition) is 0. The van der Waals surface area contributed by atoms with Crippen LogP contribution in [0.1, 0.15) is 34.0 Å². The molecule has 0 radical (unpaired) electrons. The standard InChI is InChI=1S/C26H24O5/c1-4-29-20-11-9-18(10-12-20)14-24-26(27)25-17(2)13-21(15-23(25)31-24)30-16-19-7-5-6-8-22(19)28-3/h5-15H,4,16H2,1-3H3/b24-14-. The molecular formula is C26H24O5. The van der Waals surface area contributed by atoms with Crippen molar-refractivity contribution < 1.29 is 23.7 Å². The van der Waals surface area contributed by atoms with Crippen molar-refractivity contribution in [2.45, 2.75) is 20.5 Å². The lowest BCUT2D eigenvalue weighted by atomic mass is 10.0. The van der Waals surface area contributed by atoms with E-state index in [1.807, 2.05) is 68.4 Å². The van der Waals surface area contributed by atoms with Crippen LogP contribution in [0.2, 0.25) is 0 Å². The van der Waals surface area contributed by atoms with Gasteiger partial charge in [-0.2, -0.15) is 0 Å². The third-order valence-electron chi connectivity index (χ3n) is 5.02. The summed E-state index contributed by atoms with van der Waals surface area (Å²) in [6.45, 7) is 4.79. The quantitative estimate of drug-likeness (QED) is 0.470. The Kier molecular flexibility index (Phi) is 5.94.